The maximum absolute atomic E-state index is 4.44. The van der Waals surface area contributed by atoms with Crippen molar-refractivity contribution in [2.75, 3.05) is 0 Å². The molecule has 2 aliphatic carbocycles. The molecule has 5 aromatic carbocycles. The SMILES string of the molecule is C=CN=Cc1cn(C2=CC(C)=CCC2)c2c1C=C(c1ccc3c(-c4ccccc4)c4ccccc4c(-c4ccccc4)c3c1)CC2. The predicted molar refractivity (Wildman–Crippen MR) is 198 cm³/mol. The zero-order valence-electron chi connectivity index (χ0n) is 26.2. The van der Waals surface area contributed by atoms with Crippen molar-refractivity contribution in [1.29, 1.82) is 0 Å². The molecular weight excluding hydrogens is 556 g/mol. The van der Waals surface area contributed by atoms with Gasteiger partial charge in [-0.25, -0.2) is 0 Å². The van der Waals surface area contributed by atoms with Crippen molar-refractivity contribution in [3.8, 4) is 22.3 Å². The molecule has 8 rings (SSSR count). The van der Waals surface area contributed by atoms with Gasteiger partial charge in [0.25, 0.3) is 0 Å². The number of aliphatic imine (C=N–C) groups is 1. The van der Waals surface area contributed by atoms with Crippen molar-refractivity contribution in [2.24, 2.45) is 4.99 Å². The average Bonchev–Trinajstić information content (AvgIpc) is 3.48. The highest BCUT2D eigenvalue weighted by atomic mass is 15.0. The molecular formula is C44H36N2. The largest absolute Gasteiger partial charge is 0.323 e. The minimum Gasteiger partial charge on any atom is -0.323 e. The van der Waals surface area contributed by atoms with E-state index < -0.39 is 0 Å². The van der Waals surface area contributed by atoms with Crippen LogP contribution < -0.4 is 0 Å². The number of benzene rings is 5. The minimum absolute atomic E-state index is 0.986. The monoisotopic (exact) mass is 592 g/mol. The zero-order valence-corrected chi connectivity index (χ0v) is 26.2. The topological polar surface area (TPSA) is 17.3 Å². The summed E-state index contributed by atoms with van der Waals surface area (Å²) >= 11 is 0. The average molecular weight is 593 g/mol. The molecule has 2 heteroatoms. The molecule has 0 bridgehead atoms. The van der Waals surface area contributed by atoms with Gasteiger partial charge in [-0.15, -0.1) is 0 Å². The van der Waals surface area contributed by atoms with Crippen molar-refractivity contribution >= 4 is 45.1 Å². The van der Waals surface area contributed by atoms with Crippen LogP contribution in [0.25, 0.3) is 61.1 Å². The molecule has 0 aliphatic heterocycles. The molecule has 0 amide bonds. The highest BCUT2D eigenvalue weighted by molar-refractivity contribution is 6.21. The number of nitrogens with zero attached hydrogens (tertiary/aromatic N) is 2. The Morgan fingerprint density at radius 3 is 2.00 bits per heavy atom. The molecule has 46 heavy (non-hydrogen) atoms. The van der Waals surface area contributed by atoms with E-state index >= 15 is 0 Å². The third-order valence-corrected chi connectivity index (χ3v) is 9.54. The molecule has 0 unspecified atom stereocenters. The Hall–Kier alpha value is -5.47. The van der Waals surface area contributed by atoms with E-state index in [1.165, 1.54) is 77.5 Å². The van der Waals surface area contributed by atoms with Crippen LogP contribution >= 0.6 is 0 Å². The fourth-order valence-corrected chi connectivity index (χ4v) is 7.47. The second kappa shape index (κ2) is 11.8. The molecule has 2 aliphatic rings. The highest BCUT2D eigenvalue weighted by Crippen LogP contribution is 2.45. The third kappa shape index (κ3) is 4.87. The van der Waals surface area contributed by atoms with Gasteiger partial charge in [-0.2, -0.15) is 0 Å². The van der Waals surface area contributed by atoms with Crippen LogP contribution in [0.5, 0.6) is 0 Å². The summed E-state index contributed by atoms with van der Waals surface area (Å²) < 4.78 is 2.43. The van der Waals surface area contributed by atoms with Gasteiger partial charge in [0.05, 0.1) is 0 Å². The maximum Gasteiger partial charge on any atom is 0.0361 e. The van der Waals surface area contributed by atoms with E-state index in [0.29, 0.717) is 0 Å². The normalized spacial score (nSPS) is 14.7. The second-order valence-electron chi connectivity index (χ2n) is 12.4. The van der Waals surface area contributed by atoms with Crippen LogP contribution in [0.4, 0.5) is 0 Å². The first-order valence-electron chi connectivity index (χ1n) is 16.3. The minimum atomic E-state index is 0.986. The quantitative estimate of drug-likeness (QED) is 0.135. The summed E-state index contributed by atoms with van der Waals surface area (Å²) in [7, 11) is 0. The number of hydrogen-bond donors (Lipinski definition) is 0. The van der Waals surface area contributed by atoms with Crippen LogP contribution in [0.2, 0.25) is 0 Å². The number of hydrogen-bond acceptors (Lipinski definition) is 1. The van der Waals surface area contributed by atoms with Crippen molar-refractivity contribution in [1.82, 2.24) is 4.57 Å². The number of aromatic nitrogens is 1. The summed E-state index contributed by atoms with van der Waals surface area (Å²) in [5.74, 6) is 0. The van der Waals surface area contributed by atoms with Crippen LogP contribution in [0.3, 0.4) is 0 Å². The predicted octanol–water partition coefficient (Wildman–Crippen LogP) is 11.8. The molecule has 1 heterocycles. The Morgan fingerprint density at radius 2 is 1.33 bits per heavy atom. The van der Waals surface area contributed by atoms with Crippen LogP contribution in [0.1, 0.15) is 48.6 Å². The maximum atomic E-state index is 4.44. The van der Waals surface area contributed by atoms with Crippen molar-refractivity contribution < 1.29 is 0 Å². The van der Waals surface area contributed by atoms with Gasteiger partial charge < -0.3 is 4.57 Å². The molecule has 222 valence electrons. The van der Waals surface area contributed by atoms with Gasteiger partial charge in [0.1, 0.15) is 0 Å². The van der Waals surface area contributed by atoms with E-state index in [9.17, 15) is 0 Å². The van der Waals surface area contributed by atoms with E-state index in [4.69, 9.17) is 0 Å². The molecule has 0 radical (unpaired) electrons. The summed E-state index contributed by atoms with van der Waals surface area (Å²) in [6.45, 7) is 6.03. The molecule has 0 saturated heterocycles. The molecule has 0 atom stereocenters. The Balaban J connectivity index is 1.36. The van der Waals surface area contributed by atoms with E-state index in [2.05, 4.69) is 151 Å². The first-order chi connectivity index (χ1) is 22.7. The van der Waals surface area contributed by atoms with E-state index in [1.54, 1.807) is 6.20 Å². The number of rotatable bonds is 6. The zero-order chi connectivity index (χ0) is 31.0. The Kier molecular flexibility index (Phi) is 7.19. The molecule has 2 nitrogen and oxygen atoms in total. The van der Waals surface area contributed by atoms with E-state index in [-0.39, 0.29) is 0 Å². The third-order valence-electron chi connectivity index (χ3n) is 9.54. The Morgan fingerprint density at radius 1 is 0.674 bits per heavy atom. The molecule has 0 fully saturated rings. The highest BCUT2D eigenvalue weighted by Gasteiger charge is 2.23. The van der Waals surface area contributed by atoms with Crippen molar-refractivity contribution in [3.63, 3.8) is 0 Å². The lowest BCUT2D eigenvalue weighted by molar-refractivity contribution is 0.851. The van der Waals surface area contributed by atoms with Gasteiger partial charge >= 0.3 is 0 Å². The fourth-order valence-electron chi connectivity index (χ4n) is 7.47. The van der Waals surface area contributed by atoms with Gasteiger partial charge in [-0.1, -0.05) is 115 Å². The summed E-state index contributed by atoms with van der Waals surface area (Å²) in [5, 5.41) is 5.13. The van der Waals surface area contributed by atoms with Gasteiger partial charge in [0, 0.05) is 41.1 Å². The van der Waals surface area contributed by atoms with Gasteiger partial charge in [-0.3, -0.25) is 4.99 Å². The lowest BCUT2D eigenvalue weighted by Gasteiger charge is -2.22. The van der Waals surface area contributed by atoms with Gasteiger partial charge in [0.2, 0.25) is 0 Å². The molecule has 1 aromatic heterocycles. The van der Waals surface area contributed by atoms with E-state index in [0.717, 1.165) is 31.2 Å². The fraction of sp³-hybridized carbons (Fsp3) is 0.114. The number of fused-ring (bicyclic) bond motifs is 3. The van der Waals surface area contributed by atoms with Crippen molar-refractivity contribution in [3.05, 3.63) is 162 Å². The van der Waals surface area contributed by atoms with E-state index in [1.807, 2.05) is 6.21 Å². The number of allylic oxidation sites excluding steroid dienone is 5. The van der Waals surface area contributed by atoms with Gasteiger partial charge in [-0.05, 0) is 106 Å². The second-order valence-corrected chi connectivity index (χ2v) is 12.4. The lowest BCUT2D eigenvalue weighted by Crippen LogP contribution is -2.07. The van der Waals surface area contributed by atoms with Crippen molar-refractivity contribution in [2.45, 2.75) is 32.6 Å². The molecule has 0 spiro atoms. The Bertz CT molecular complexity index is 2260. The standard InChI is InChI=1S/C44H36N2/c1-3-45-28-35-29-46(36-18-12-13-30(2)25-36)42-24-22-34(26-40(35)42)33-21-23-39-41(27-33)44(32-16-8-5-9-17-32)38-20-11-10-19-37(38)43(39)31-14-6-4-7-15-31/h3-11,13-17,19-21,23,25-29H,1,12,18,22,24H2,2H3. The van der Waals surface area contributed by atoms with Gasteiger partial charge in [0.15, 0.2) is 0 Å². The van der Waals surface area contributed by atoms with Crippen LogP contribution in [-0.4, -0.2) is 10.8 Å². The van der Waals surface area contributed by atoms with Crippen LogP contribution in [-0.2, 0) is 6.42 Å². The first kappa shape index (κ1) is 28.0. The lowest BCUT2D eigenvalue weighted by atomic mass is 9.83. The first-order valence-corrected chi connectivity index (χ1v) is 16.3. The summed E-state index contributed by atoms with van der Waals surface area (Å²) in [5.41, 5.74) is 14.2. The summed E-state index contributed by atoms with van der Waals surface area (Å²) in [4.78, 5) is 4.44. The Labute approximate surface area is 271 Å². The molecule has 0 N–H and O–H groups in total. The smallest absolute Gasteiger partial charge is 0.0361 e. The van der Waals surface area contributed by atoms with Crippen LogP contribution in [0.15, 0.2) is 145 Å². The summed E-state index contributed by atoms with van der Waals surface area (Å²) in [6.07, 6.45) is 17.0. The summed E-state index contributed by atoms with van der Waals surface area (Å²) in [6, 6.07) is 37.7. The molecule has 6 aromatic rings. The molecule has 0 saturated carbocycles. The van der Waals surface area contributed by atoms with Crippen LogP contribution in [0, 0.1) is 0 Å².